The molecule has 0 bridgehead atoms. The van der Waals surface area contributed by atoms with Gasteiger partial charge in [-0.15, -0.1) is 0 Å². The minimum Gasteiger partial charge on any atom is -0.435 e. The zero-order valence-electron chi connectivity index (χ0n) is 15.0. The number of ether oxygens (including phenoxy) is 1. The van der Waals surface area contributed by atoms with Gasteiger partial charge in [-0.3, -0.25) is 4.79 Å². The molecule has 5 N–H and O–H groups in total. The number of carbonyl (C=O) groups is 1. The highest BCUT2D eigenvalue weighted by molar-refractivity contribution is 5.75. The Morgan fingerprint density at radius 2 is 1.43 bits per heavy atom. The van der Waals surface area contributed by atoms with E-state index in [0.29, 0.717) is 19.4 Å². The average Bonchev–Trinajstić information content (AvgIpc) is 2.53. The molecule has 0 saturated carbocycles. The summed E-state index contributed by atoms with van der Waals surface area (Å²) in [5.41, 5.74) is 11.1. The number of esters is 1. The Kier molecular flexibility index (Phi) is 15.8. The Morgan fingerprint density at radius 1 is 0.913 bits per heavy atom. The molecule has 0 aliphatic carbocycles. The van der Waals surface area contributed by atoms with Crippen LogP contribution in [0, 0.1) is 0 Å². The van der Waals surface area contributed by atoms with Crippen LogP contribution < -0.4 is 11.5 Å². The average molecular weight is 331 g/mol. The Labute approximate surface area is 142 Å². The van der Waals surface area contributed by atoms with Crippen molar-refractivity contribution in [3.8, 4) is 0 Å². The lowest BCUT2D eigenvalue weighted by atomic mass is 10.1. The van der Waals surface area contributed by atoms with Gasteiger partial charge in [0, 0.05) is 6.42 Å². The highest BCUT2D eigenvalue weighted by atomic mass is 16.6. The number of unbranched alkanes of at least 4 members (excludes halogenated alkanes) is 9. The van der Waals surface area contributed by atoms with Crippen LogP contribution in [0.2, 0.25) is 0 Å². The van der Waals surface area contributed by atoms with Crippen molar-refractivity contribution >= 4 is 5.97 Å². The molecule has 1 unspecified atom stereocenters. The molecule has 0 radical (unpaired) electrons. The third-order valence-corrected chi connectivity index (χ3v) is 4.08. The Morgan fingerprint density at radius 3 is 2.00 bits per heavy atom. The second-order valence-electron chi connectivity index (χ2n) is 6.40. The van der Waals surface area contributed by atoms with E-state index in [4.69, 9.17) is 16.2 Å². The van der Waals surface area contributed by atoms with Gasteiger partial charge in [-0.2, -0.15) is 0 Å². The second-order valence-corrected chi connectivity index (χ2v) is 6.40. The third kappa shape index (κ3) is 14.7. The number of nitrogens with two attached hydrogens (primary N) is 2. The summed E-state index contributed by atoms with van der Waals surface area (Å²) in [4.78, 5) is 11.7. The number of hydrogen-bond acceptors (Lipinski definition) is 5. The first-order valence-corrected chi connectivity index (χ1v) is 9.46. The standard InChI is InChI=1S/C18H38N2O3/c1-2-3-4-5-6-7-8-9-10-14-17(21)23-18(22)16(20)13-11-12-15-19/h16-17,21H,2-15,19-20H2,1H3/t16-,17?/m0/s1. The number of rotatable bonds is 16. The van der Waals surface area contributed by atoms with Crippen molar-refractivity contribution in [2.24, 2.45) is 11.5 Å². The zero-order valence-corrected chi connectivity index (χ0v) is 15.0. The summed E-state index contributed by atoms with van der Waals surface area (Å²) < 4.78 is 4.98. The molecular formula is C18H38N2O3. The lowest BCUT2D eigenvalue weighted by molar-refractivity contribution is -0.170. The summed E-state index contributed by atoms with van der Waals surface area (Å²) in [6.07, 6.45) is 12.7. The van der Waals surface area contributed by atoms with E-state index in [1.165, 1.54) is 44.9 Å². The van der Waals surface area contributed by atoms with Gasteiger partial charge in [0.05, 0.1) is 0 Å². The minimum absolute atomic E-state index is 0.497. The molecule has 0 spiro atoms. The van der Waals surface area contributed by atoms with Crippen molar-refractivity contribution in [2.45, 2.75) is 103 Å². The van der Waals surface area contributed by atoms with E-state index in [-0.39, 0.29) is 0 Å². The summed E-state index contributed by atoms with van der Waals surface area (Å²) in [5, 5.41) is 9.72. The van der Waals surface area contributed by atoms with Crippen LogP contribution in [0.3, 0.4) is 0 Å². The van der Waals surface area contributed by atoms with Gasteiger partial charge in [-0.25, -0.2) is 0 Å². The van der Waals surface area contributed by atoms with E-state index >= 15 is 0 Å². The molecule has 5 heteroatoms. The summed E-state index contributed by atoms with van der Waals surface area (Å²) in [6.45, 7) is 2.83. The molecule has 138 valence electrons. The fraction of sp³-hybridized carbons (Fsp3) is 0.944. The molecule has 0 amide bonds. The van der Waals surface area contributed by atoms with Crippen molar-refractivity contribution in [2.75, 3.05) is 6.54 Å². The molecule has 0 aliphatic rings. The first-order chi connectivity index (χ1) is 11.1. The molecule has 0 heterocycles. The summed E-state index contributed by atoms with van der Waals surface area (Å²) in [7, 11) is 0. The molecule has 0 fully saturated rings. The first-order valence-electron chi connectivity index (χ1n) is 9.46. The SMILES string of the molecule is CCCCCCCCCCCC(O)OC(=O)[C@@H](N)CCCCN. The quantitative estimate of drug-likeness (QED) is 0.229. The zero-order chi connectivity index (χ0) is 17.3. The predicted octanol–water partition coefficient (Wildman–Crippen LogP) is 3.23. The van der Waals surface area contributed by atoms with Gasteiger partial charge in [0.25, 0.3) is 0 Å². The molecule has 2 atom stereocenters. The molecule has 5 nitrogen and oxygen atoms in total. The van der Waals surface area contributed by atoms with E-state index in [1.807, 2.05) is 0 Å². The first kappa shape index (κ1) is 22.4. The van der Waals surface area contributed by atoms with Crippen LogP contribution in [0.1, 0.15) is 90.4 Å². The van der Waals surface area contributed by atoms with Crippen molar-refractivity contribution in [1.29, 1.82) is 0 Å². The van der Waals surface area contributed by atoms with Crippen molar-refractivity contribution in [3.63, 3.8) is 0 Å². The fourth-order valence-corrected chi connectivity index (χ4v) is 2.54. The van der Waals surface area contributed by atoms with Crippen LogP contribution in [0.4, 0.5) is 0 Å². The number of aliphatic hydroxyl groups is 1. The lowest BCUT2D eigenvalue weighted by Crippen LogP contribution is -2.35. The van der Waals surface area contributed by atoms with E-state index < -0.39 is 18.3 Å². The number of aliphatic hydroxyl groups excluding tert-OH is 1. The second kappa shape index (κ2) is 16.2. The molecule has 0 aromatic rings. The molecule has 23 heavy (non-hydrogen) atoms. The number of carbonyl (C=O) groups excluding carboxylic acids is 1. The monoisotopic (exact) mass is 330 g/mol. The lowest BCUT2D eigenvalue weighted by Gasteiger charge is -2.15. The van der Waals surface area contributed by atoms with Gasteiger partial charge < -0.3 is 21.3 Å². The van der Waals surface area contributed by atoms with Gasteiger partial charge >= 0.3 is 5.97 Å². The van der Waals surface area contributed by atoms with Gasteiger partial charge in [0.1, 0.15) is 6.04 Å². The molecule has 0 saturated heterocycles. The maximum Gasteiger partial charge on any atom is 0.325 e. The fourth-order valence-electron chi connectivity index (χ4n) is 2.54. The molecule has 0 aliphatic heterocycles. The number of hydrogen-bond donors (Lipinski definition) is 3. The van der Waals surface area contributed by atoms with Crippen LogP contribution in [0.15, 0.2) is 0 Å². The highest BCUT2D eigenvalue weighted by Gasteiger charge is 2.18. The van der Waals surface area contributed by atoms with E-state index in [2.05, 4.69) is 6.92 Å². The van der Waals surface area contributed by atoms with Crippen LogP contribution in [0.5, 0.6) is 0 Å². The van der Waals surface area contributed by atoms with Crippen LogP contribution >= 0.6 is 0 Å². The highest BCUT2D eigenvalue weighted by Crippen LogP contribution is 2.12. The third-order valence-electron chi connectivity index (χ3n) is 4.08. The van der Waals surface area contributed by atoms with Crippen molar-refractivity contribution in [1.82, 2.24) is 0 Å². The molecule has 0 rings (SSSR count). The summed E-state index contributed by atoms with van der Waals surface area (Å²) in [5.74, 6) is -0.509. The largest absolute Gasteiger partial charge is 0.435 e. The van der Waals surface area contributed by atoms with E-state index in [9.17, 15) is 9.90 Å². The van der Waals surface area contributed by atoms with Crippen LogP contribution in [-0.4, -0.2) is 30.0 Å². The van der Waals surface area contributed by atoms with Crippen LogP contribution in [0.25, 0.3) is 0 Å². The predicted molar refractivity (Wildman–Crippen MR) is 94.8 cm³/mol. The van der Waals surface area contributed by atoms with Gasteiger partial charge in [-0.05, 0) is 25.8 Å². The maximum atomic E-state index is 11.7. The Balaban J connectivity index is 3.48. The van der Waals surface area contributed by atoms with Gasteiger partial charge in [-0.1, -0.05) is 64.7 Å². The molecule has 0 aromatic heterocycles. The maximum absolute atomic E-state index is 11.7. The minimum atomic E-state index is -1.02. The topological polar surface area (TPSA) is 98.6 Å². The summed E-state index contributed by atoms with van der Waals surface area (Å²) in [6, 6.07) is -0.653. The van der Waals surface area contributed by atoms with E-state index in [1.54, 1.807) is 0 Å². The van der Waals surface area contributed by atoms with Gasteiger partial charge in [0.15, 0.2) is 0 Å². The van der Waals surface area contributed by atoms with Gasteiger partial charge in [0.2, 0.25) is 6.29 Å². The Bertz CT molecular complexity index is 275. The van der Waals surface area contributed by atoms with Crippen molar-refractivity contribution < 1.29 is 14.6 Å². The normalized spacial score (nSPS) is 13.7. The van der Waals surface area contributed by atoms with Crippen molar-refractivity contribution in [3.05, 3.63) is 0 Å². The molecule has 0 aromatic carbocycles. The smallest absolute Gasteiger partial charge is 0.325 e. The molecular weight excluding hydrogens is 292 g/mol. The Hall–Kier alpha value is -0.650. The van der Waals surface area contributed by atoms with Crippen LogP contribution in [-0.2, 0) is 9.53 Å². The van der Waals surface area contributed by atoms with E-state index in [0.717, 1.165) is 25.7 Å². The summed E-state index contributed by atoms with van der Waals surface area (Å²) >= 11 is 0.